The molecular formula is C17H16N2O2S. The fraction of sp³-hybridized carbons (Fsp3) is 0.235. The molecule has 2 aromatic carbocycles. The van der Waals surface area contributed by atoms with Gasteiger partial charge in [-0.3, -0.25) is 0 Å². The molecule has 0 spiro atoms. The fourth-order valence-corrected chi connectivity index (χ4v) is 3.66. The predicted octanol–water partition coefficient (Wildman–Crippen LogP) is 4.22. The minimum absolute atomic E-state index is 0.474. The first kappa shape index (κ1) is 14.6. The number of nitriles is 1. The van der Waals surface area contributed by atoms with Crippen molar-refractivity contribution >= 4 is 23.1 Å². The highest BCUT2D eigenvalue weighted by atomic mass is 32.2. The second kappa shape index (κ2) is 6.20. The predicted molar refractivity (Wildman–Crippen MR) is 87.3 cm³/mol. The van der Waals surface area contributed by atoms with Crippen LogP contribution in [0.4, 0.5) is 11.4 Å². The van der Waals surface area contributed by atoms with E-state index in [0.29, 0.717) is 13.0 Å². The first-order valence-corrected chi connectivity index (χ1v) is 7.77. The summed E-state index contributed by atoms with van der Waals surface area (Å²) in [6, 6.07) is 14.3. The molecule has 2 aromatic rings. The first-order chi connectivity index (χ1) is 10.8. The van der Waals surface area contributed by atoms with Crippen molar-refractivity contribution in [2.45, 2.75) is 16.2 Å². The van der Waals surface area contributed by atoms with Gasteiger partial charge in [-0.15, -0.1) is 0 Å². The summed E-state index contributed by atoms with van der Waals surface area (Å²) in [4.78, 5) is 4.43. The molecule has 1 heterocycles. The SMILES string of the molecule is COc1ccc2c(c1)Sc1cc(OC)ccc1N2CCC#N. The van der Waals surface area contributed by atoms with Crippen molar-refractivity contribution < 1.29 is 9.47 Å². The van der Waals surface area contributed by atoms with Crippen molar-refractivity contribution in [3.8, 4) is 17.6 Å². The van der Waals surface area contributed by atoms with Gasteiger partial charge in [0.15, 0.2) is 0 Å². The van der Waals surface area contributed by atoms with Gasteiger partial charge in [0.2, 0.25) is 0 Å². The van der Waals surface area contributed by atoms with Crippen LogP contribution in [0.15, 0.2) is 46.2 Å². The molecule has 3 rings (SSSR count). The molecule has 0 bridgehead atoms. The van der Waals surface area contributed by atoms with Crippen molar-refractivity contribution in [3.63, 3.8) is 0 Å². The number of fused-ring (bicyclic) bond motifs is 2. The van der Waals surface area contributed by atoms with Gasteiger partial charge in [-0.05, 0) is 36.4 Å². The Labute approximate surface area is 134 Å². The molecule has 1 aliphatic rings. The number of ether oxygens (including phenoxy) is 2. The zero-order valence-electron chi connectivity index (χ0n) is 12.5. The molecule has 0 radical (unpaired) electrons. The summed E-state index contributed by atoms with van der Waals surface area (Å²) in [7, 11) is 3.33. The highest BCUT2D eigenvalue weighted by Gasteiger charge is 2.24. The number of rotatable bonds is 4. The van der Waals surface area contributed by atoms with Crippen LogP contribution >= 0.6 is 11.8 Å². The smallest absolute Gasteiger partial charge is 0.120 e. The van der Waals surface area contributed by atoms with Crippen molar-refractivity contribution in [1.29, 1.82) is 5.26 Å². The molecule has 0 aliphatic carbocycles. The fourth-order valence-electron chi connectivity index (χ4n) is 2.50. The number of nitrogens with zero attached hydrogens (tertiary/aromatic N) is 2. The van der Waals surface area contributed by atoms with Crippen LogP contribution in [0.2, 0.25) is 0 Å². The normalized spacial score (nSPS) is 12.1. The van der Waals surface area contributed by atoms with Crippen molar-refractivity contribution in [2.24, 2.45) is 0 Å². The molecule has 0 amide bonds. The van der Waals surface area contributed by atoms with Gasteiger partial charge in [0.1, 0.15) is 11.5 Å². The highest BCUT2D eigenvalue weighted by Crippen LogP contribution is 2.50. The van der Waals surface area contributed by atoms with Gasteiger partial charge in [0.25, 0.3) is 0 Å². The maximum absolute atomic E-state index is 8.94. The molecule has 1 aliphatic heterocycles. The van der Waals surface area contributed by atoms with E-state index in [9.17, 15) is 0 Å². The molecule has 5 heteroatoms. The largest absolute Gasteiger partial charge is 0.497 e. The molecule has 0 unspecified atom stereocenters. The molecule has 0 N–H and O–H groups in total. The first-order valence-electron chi connectivity index (χ1n) is 6.95. The van der Waals surface area contributed by atoms with E-state index in [0.717, 1.165) is 32.7 Å². The van der Waals surface area contributed by atoms with Gasteiger partial charge in [-0.25, -0.2) is 0 Å². The van der Waals surface area contributed by atoms with E-state index in [4.69, 9.17) is 14.7 Å². The van der Waals surface area contributed by atoms with Gasteiger partial charge in [-0.1, -0.05) is 11.8 Å². The van der Waals surface area contributed by atoms with Crippen molar-refractivity contribution in [3.05, 3.63) is 36.4 Å². The molecular weight excluding hydrogens is 296 g/mol. The van der Waals surface area contributed by atoms with Crippen LogP contribution in [0.5, 0.6) is 11.5 Å². The summed E-state index contributed by atoms with van der Waals surface area (Å²) in [5, 5.41) is 8.94. The van der Waals surface area contributed by atoms with Crippen LogP contribution < -0.4 is 14.4 Å². The maximum Gasteiger partial charge on any atom is 0.120 e. The summed E-state index contributed by atoms with van der Waals surface area (Å²) in [6.07, 6.45) is 0.474. The second-order valence-corrected chi connectivity index (χ2v) is 5.91. The van der Waals surface area contributed by atoms with Gasteiger partial charge in [0, 0.05) is 16.3 Å². The Balaban J connectivity index is 2.08. The summed E-state index contributed by atoms with van der Waals surface area (Å²) < 4.78 is 10.6. The molecule has 4 nitrogen and oxygen atoms in total. The van der Waals surface area contributed by atoms with E-state index < -0.39 is 0 Å². The third-order valence-electron chi connectivity index (χ3n) is 3.58. The Morgan fingerprint density at radius 1 is 1.00 bits per heavy atom. The second-order valence-electron chi connectivity index (χ2n) is 4.83. The van der Waals surface area contributed by atoms with Gasteiger partial charge >= 0.3 is 0 Å². The molecule has 22 heavy (non-hydrogen) atoms. The van der Waals surface area contributed by atoms with Gasteiger partial charge < -0.3 is 14.4 Å². The summed E-state index contributed by atoms with van der Waals surface area (Å²) in [6.45, 7) is 0.662. The van der Waals surface area contributed by atoms with E-state index in [1.165, 1.54) is 0 Å². The van der Waals surface area contributed by atoms with Crippen molar-refractivity contribution in [1.82, 2.24) is 0 Å². The lowest BCUT2D eigenvalue weighted by atomic mass is 10.2. The quantitative estimate of drug-likeness (QED) is 0.846. The lowest BCUT2D eigenvalue weighted by Gasteiger charge is -2.32. The Bertz CT molecular complexity index is 686. The minimum Gasteiger partial charge on any atom is -0.497 e. The van der Waals surface area contributed by atoms with Crippen LogP contribution in [0.3, 0.4) is 0 Å². The van der Waals surface area contributed by atoms with Crippen molar-refractivity contribution in [2.75, 3.05) is 25.7 Å². The van der Waals surface area contributed by atoms with Gasteiger partial charge in [0.05, 0.1) is 38.1 Å². The summed E-state index contributed by atoms with van der Waals surface area (Å²) in [5.74, 6) is 1.66. The lowest BCUT2D eigenvalue weighted by Crippen LogP contribution is -2.21. The van der Waals surface area contributed by atoms with Crippen LogP contribution in [0, 0.1) is 11.3 Å². The van der Waals surface area contributed by atoms with Crippen LogP contribution in [0.1, 0.15) is 6.42 Å². The van der Waals surface area contributed by atoms with E-state index >= 15 is 0 Å². The Hall–Kier alpha value is -2.32. The standard InChI is InChI=1S/C17H16N2O2S/c1-20-12-4-6-14-16(10-12)22-17-11-13(21-2)5-7-15(17)19(14)9-3-8-18/h4-7,10-11H,3,9H2,1-2H3. The number of hydrogen-bond acceptors (Lipinski definition) is 5. The zero-order valence-corrected chi connectivity index (χ0v) is 13.3. The monoisotopic (exact) mass is 312 g/mol. The van der Waals surface area contributed by atoms with Gasteiger partial charge in [-0.2, -0.15) is 5.26 Å². The van der Waals surface area contributed by atoms with E-state index in [1.54, 1.807) is 26.0 Å². The average Bonchev–Trinajstić information content (AvgIpc) is 2.57. The molecule has 0 saturated heterocycles. The third kappa shape index (κ3) is 2.58. The average molecular weight is 312 g/mol. The Morgan fingerprint density at radius 3 is 2.00 bits per heavy atom. The van der Waals surface area contributed by atoms with Crippen LogP contribution in [-0.4, -0.2) is 20.8 Å². The topological polar surface area (TPSA) is 45.5 Å². The number of benzene rings is 2. The molecule has 112 valence electrons. The number of hydrogen-bond donors (Lipinski definition) is 0. The van der Waals surface area contributed by atoms with E-state index in [2.05, 4.69) is 11.0 Å². The maximum atomic E-state index is 8.94. The summed E-state index contributed by atoms with van der Waals surface area (Å²) >= 11 is 1.69. The number of anilines is 2. The highest BCUT2D eigenvalue weighted by molar-refractivity contribution is 7.99. The molecule has 0 aromatic heterocycles. The molecule has 0 atom stereocenters. The lowest BCUT2D eigenvalue weighted by molar-refractivity contribution is 0.413. The zero-order chi connectivity index (χ0) is 15.5. The summed E-state index contributed by atoms with van der Waals surface area (Å²) in [5.41, 5.74) is 2.22. The third-order valence-corrected chi connectivity index (χ3v) is 4.68. The molecule has 0 saturated carbocycles. The van der Waals surface area contributed by atoms with Crippen LogP contribution in [0.25, 0.3) is 0 Å². The van der Waals surface area contributed by atoms with Crippen LogP contribution in [-0.2, 0) is 0 Å². The van der Waals surface area contributed by atoms with E-state index in [1.807, 2.05) is 36.4 Å². The minimum atomic E-state index is 0.474. The Morgan fingerprint density at radius 2 is 1.55 bits per heavy atom. The van der Waals surface area contributed by atoms with E-state index in [-0.39, 0.29) is 0 Å². The Kier molecular flexibility index (Phi) is 4.12. The number of methoxy groups -OCH3 is 2. The molecule has 0 fully saturated rings.